The second kappa shape index (κ2) is 8.18. The summed E-state index contributed by atoms with van der Waals surface area (Å²) in [5.41, 5.74) is 0. The molecule has 9 nitrogen and oxygen atoms in total. The van der Waals surface area contributed by atoms with Crippen LogP contribution in [0.15, 0.2) is 0 Å². The summed E-state index contributed by atoms with van der Waals surface area (Å²) in [7, 11) is -10.8. The van der Waals surface area contributed by atoms with Crippen molar-refractivity contribution in [2.75, 3.05) is 0 Å². The third-order valence-electron chi connectivity index (χ3n) is 0. The van der Waals surface area contributed by atoms with Crippen molar-refractivity contribution in [1.82, 2.24) is 6.15 Å². The maximum Gasteiger partial charge on any atom is 3.00 e. The quantitative estimate of drug-likeness (QED) is 0.305. The first kappa shape index (κ1) is 22.9. The number of nitrogens with zero attached hydrogens (tertiary/aromatic N) is 1. The summed E-state index contributed by atoms with van der Waals surface area (Å²) in [5, 5.41) is 0. The van der Waals surface area contributed by atoms with Crippen molar-refractivity contribution in [2.24, 2.45) is 0 Å². The van der Waals surface area contributed by atoms with Gasteiger partial charge in [-0.3, -0.25) is 0 Å². The minimum atomic E-state index is -5.39. The van der Waals surface area contributed by atoms with E-state index in [-0.39, 0.29) is 25.9 Å². The van der Waals surface area contributed by atoms with Crippen LogP contribution in [0.2, 0.25) is 0 Å². The van der Waals surface area contributed by atoms with E-state index < -0.39 is 15.6 Å². The van der Waals surface area contributed by atoms with Crippen molar-refractivity contribution in [2.45, 2.75) is 0 Å². The Hall–Kier alpha value is 0.566. The Bertz CT molecular complexity index is 129. The van der Waals surface area contributed by atoms with Crippen molar-refractivity contribution in [3.8, 4) is 0 Å². The number of phosphoric acid groups is 2. The average Bonchev–Trinajstić information content (AvgIpc) is 1.12. The largest absolute Gasteiger partial charge is 3.00 e. The van der Waals surface area contributed by atoms with E-state index in [1.807, 2.05) is 0 Å². The van der Waals surface area contributed by atoms with Crippen molar-refractivity contribution in [1.29, 1.82) is 0 Å². The zero-order valence-electron chi connectivity index (χ0n) is 5.18. The van der Waals surface area contributed by atoms with Gasteiger partial charge >= 0.3 is 25.9 Å². The van der Waals surface area contributed by atoms with Crippen LogP contribution < -0.4 is 35.5 Å². The van der Waals surface area contributed by atoms with Crippen molar-refractivity contribution < 1.29 is 38.5 Å². The van der Waals surface area contributed by atoms with Gasteiger partial charge in [0.1, 0.15) is 0 Å². The van der Waals surface area contributed by atoms with Gasteiger partial charge in [0, 0.05) is 0 Å². The molecule has 0 heterocycles. The maximum atomic E-state index is 8.55. The first-order chi connectivity index (χ1) is 4.00. The molecule has 0 amide bonds. The molecule has 0 spiro atoms. The molecule has 0 saturated carbocycles. The molecular weight excluding hydrogens is 274 g/mol. The molecule has 0 aromatic heterocycles. The molecule has 12 heavy (non-hydrogen) atoms. The average molecular weight is 274 g/mol. The molecule has 0 unspecified atom stereocenters. The van der Waals surface area contributed by atoms with Crippen LogP contribution in [0.4, 0.5) is 0 Å². The third kappa shape index (κ3) is 3010. The standard InChI is InChI=1S/Ga.N.2H3O4P/c;;2*1-5(2,3)4/h;;2*(H3,1,2,3,4)/q2*+3;;/p-6. The fourth-order valence-electron chi connectivity index (χ4n) is 0. The second-order valence-electron chi connectivity index (χ2n) is 0.894. The van der Waals surface area contributed by atoms with Gasteiger partial charge in [0.05, 0.1) is 0 Å². The third-order valence-corrected chi connectivity index (χ3v) is 0. The van der Waals surface area contributed by atoms with Crippen molar-refractivity contribution >= 4 is 35.4 Å². The minimum Gasteiger partial charge on any atom is -0.822 e. The monoisotopic (exact) mass is 273 g/mol. The van der Waals surface area contributed by atoms with E-state index in [9.17, 15) is 0 Å². The summed E-state index contributed by atoms with van der Waals surface area (Å²) in [6, 6.07) is 0. The van der Waals surface area contributed by atoms with Gasteiger partial charge in [-0.2, -0.15) is 15.6 Å². The van der Waals surface area contributed by atoms with Crippen LogP contribution in [-0.2, 0) is 9.13 Å². The molecule has 12 heteroatoms. The van der Waals surface area contributed by atoms with Crippen LogP contribution in [-0.4, -0.2) is 19.8 Å². The molecule has 0 saturated heterocycles. The van der Waals surface area contributed by atoms with E-state index in [4.69, 9.17) is 38.5 Å². The zero-order chi connectivity index (χ0) is 9.00. The first-order valence-corrected chi connectivity index (χ1v) is 4.38. The summed E-state index contributed by atoms with van der Waals surface area (Å²) in [6.45, 7) is 0. The Morgan fingerprint density at radius 2 is 0.667 bits per heavy atom. The molecule has 0 aromatic carbocycles. The molecule has 0 aromatic rings. The Kier molecular flexibility index (Phi) is 15.6. The molecule has 0 aliphatic rings. The van der Waals surface area contributed by atoms with E-state index >= 15 is 0 Å². The van der Waals surface area contributed by atoms with Gasteiger partial charge in [-0.15, -0.1) is 0 Å². The van der Waals surface area contributed by atoms with E-state index in [0.29, 0.717) is 0 Å². The molecule has 0 atom stereocenters. The Labute approximate surface area is 80.6 Å². The Balaban J connectivity index is -0.0000000457. The SMILES string of the molecule is O=P([O-])([O-])[O-].O=P([O-])([O-])[O-].[Ga+3].[N+3]. The molecule has 0 fully saturated rings. The summed E-state index contributed by atoms with van der Waals surface area (Å²) in [6.07, 6.45) is 0. The van der Waals surface area contributed by atoms with E-state index in [1.54, 1.807) is 0 Å². The number of rotatable bonds is 0. The van der Waals surface area contributed by atoms with Crippen LogP contribution in [0.5, 0.6) is 0 Å². The molecule has 0 bridgehead atoms. The molecule has 2 radical (unpaired) electrons. The zero-order valence-corrected chi connectivity index (χ0v) is 9.40. The predicted molar refractivity (Wildman–Crippen MR) is 23.1 cm³/mol. The predicted octanol–water partition coefficient (Wildman–Crippen LogP) is -6.51. The van der Waals surface area contributed by atoms with E-state index in [2.05, 4.69) is 0 Å². The molecule has 0 aliphatic carbocycles. The van der Waals surface area contributed by atoms with E-state index in [1.165, 1.54) is 0 Å². The number of hydrogen-bond acceptors (Lipinski definition) is 8. The minimum absolute atomic E-state index is 0. The van der Waals surface area contributed by atoms with Gasteiger partial charge in [-0.05, 0) is 0 Å². The van der Waals surface area contributed by atoms with Crippen LogP contribution in [0.1, 0.15) is 0 Å². The van der Waals surface area contributed by atoms with Crippen LogP contribution in [0.3, 0.4) is 0 Å². The fourth-order valence-corrected chi connectivity index (χ4v) is 0. The van der Waals surface area contributed by atoms with Gasteiger partial charge < -0.3 is 38.5 Å². The number of hydrogen-bond donors (Lipinski definition) is 0. The maximum absolute atomic E-state index is 8.55. The first-order valence-electron chi connectivity index (χ1n) is 1.46. The molecule has 0 N–H and O–H groups in total. The summed E-state index contributed by atoms with van der Waals surface area (Å²) < 4.78 is 17.1. The summed E-state index contributed by atoms with van der Waals surface area (Å²) in [5.74, 6) is 0. The van der Waals surface area contributed by atoms with Gasteiger partial charge in [0.15, 0.2) is 0 Å². The molecular formula is GaNO8P2. The van der Waals surface area contributed by atoms with Crippen molar-refractivity contribution in [3.05, 3.63) is 0 Å². The van der Waals surface area contributed by atoms with Gasteiger partial charge in [0.2, 0.25) is 0 Å². The van der Waals surface area contributed by atoms with Crippen LogP contribution >= 0.6 is 15.6 Å². The second-order valence-corrected chi connectivity index (χ2v) is 2.68. The Morgan fingerprint density at radius 1 is 0.667 bits per heavy atom. The van der Waals surface area contributed by atoms with E-state index in [0.717, 1.165) is 0 Å². The smallest absolute Gasteiger partial charge is 0.822 e. The summed E-state index contributed by atoms with van der Waals surface area (Å²) in [4.78, 5) is 51.3. The fraction of sp³-hybridized carbons (Fsp3) is 0. The van der Waals surface area contributed by atoms with Crippen molar-refractivity contribution in [3.63, 3.8) is 0 Å². The summed E-state index contributed by atoms with van der Waals surface area (Å²) >= 11 is 0. The topological polar surface area (TPSA) is 203 Å². The van der Waals surface area contributed by atoms with Gasteiger partial charge in [-0.1, -0.05) is 0 Å². The molecule has 0 rings (SSSR count). The van der Waals surface area contributed by atoms with Crippen LogP contribution in [0, 0.1) is 0 Å². The van der Waals surface area contributed by atoms with Crippen LogP contribution in [0.25, 0.3) is 0 Å². The Morgan fingerprint density at radius 3 is 0.667 bits per heavy atom. The molecule has 0 aliphatic heterocycles. The normalized spacial score (nSPS) is 9.83. The van der Waals surface area contributed by atoms with Gasteiger partial charge in [-0.25, -0.2) is 0 Å². The molecule has 66 valence electrons. The van der Waals surface area contributed by atoms with Gasteiger partial charge in [0.25, 0.3) is 0 Å².